The lowest BCUT2D eigenvalue weighted by Crippen LogP contribution is -2.58. The molecule has 19 heavy (non-hydrogen) atoms. The molecular formula is C13H21BrN4O. The van der Waals surface area contributed by atoms with Gasteiger partial charge in [0.1, 0.15) is 5.54 Å². The Morgan fingerprint density at radius 2 is 2.16 bits per heavy atom. The van der Waals surface area contributed by atoms with Crippen molar-refractivity contribution in [2.75, 3.05) is 26.7 Å². The molecule has 1 saturated heterocycles. The molecule has 1 aliphatic heterocycles. The predicted molar refractivity (Wildman–Crippen MR) is 77.9 cm³/mol. The van der Waals surface area contributed by atoms with Crippen molar-refractivity contribution in [1.29, 1.82) is 0 Å². The number of hydrogen-bond donors (Lipinski definition) is 0. The summed E-state index contributed by atoms with van der Waals surface area (Å²) in [5, 5.41) is 4.26. The van der Waals surface area contributed by atoms with Gasteiger partial charge in [-0.25, -0.2) is 0 Å². The van der Waals surface area contributed by atoms with E-state index in [0.29, 0.717) is 0 Å². The molecule has 1 amide bonds. The number of piperazine rings is 1. The number of nitrogens with zero attached hydrogens (tertiary/aromatic N) is 4. The minimum atomic E-state index is -0.657. The smallest absolute Gasteiger partial charge is 0.250 e. The standard InChI is InChI=1S/C13H21BrN4O/c1-10-8-16(4)5-6-17(10)12(19)13(2,3)18-9-11(14)7-15-18/h7,9-10H,5-6,8H2,1-4H3. The maximum Gasteiger partial charge on any atom is 0.250 e. The molecule has 0 spiro atoms. The van der Waals surface area contributed by atoms with Gasteiger partial charge in [0.25, 0.3) is 0 Å². The Morgan fingerprint density at radius 1 is 1.47 bits per heavy atom. The zero-order chi connectivity index (χ0) is 14.2. The zero-order valence-electron chi connectivity index (χ0n) is 11.9. The molecule has 5 nitrogen and oxygen atoms in total. The van der Waals surface area contributed by atoms with Gasteiger partial charge in [-0.15, -0.1) is 0 Å². The average Bonchev–Trinajstić information content (AvgIpc) is 2.76. The Bertz CT molecular complexity index is 471. The Hall–Kier alpha value is -0.880. The number of carbonyl (C=O) groups excluding carboxylic acids is 1. The number of halogens is 1. The van der Waals surface area contributed by atoms with Crippen molar-refractivity contribution in [3.63, 3.8) is 0 Å². The van der Waals surface area contributed by atoms with Crippen LogP contribution in [0.25, 0.3) is 0 Å². The quantitative estimate of drug-likeness (QED) is 0.827. The molecule has 0 radical (unpaired) electrons. The molecule has 0 saturated carbocycles. The summed E-state index contributed by atoms with van der Waals surface area (Å²) in [6.45, 7) is 8.56. The lowest BCUT2D eigenvalue weighted by atomic mass is 10.0. The number of aromatic nitrogens is 2. The molecule has 0 aliphatic carbocycles. The summed E-state index contributed by atoms with van der Waals surface area (Å²) in [5.74, 6) is 0.128. The van der Waals surface area contributed by atoms with Gasteiger partial charge in [-0.3, -0.25) is 9.48 Å². The second kappa shape index (κ2) is 5.25. The molecule has 1 unspecified atom stereocenters. The van der Waals surface area contributed by atoms with Crippen LogP contribution in [0, 0.1) is 0 Å². The second-order valence-corrected chi connectivity index (χ2v) is 6.69. The molecule has 1 aromatic rings. The van der Waals surface area contributed by atoms with Crippen LogP contribution in [0.1, 0.15) is 20.8 Å². The van der Waals surface area contributed by atoms with Crippen LogP contribution in [0.3, 0.4) is 0 Å². The average molecular weight is 329 g/mol. The first-order valence-corrected chi connectivity index (χ1v) is 7.32. The van der Waals surface area contributed by atoms with E-state index in [-0.39, 0.29) is 11.9 Å². The van der Waals surface area contributed by atoms with Crippen LogP contribution >= 0.6 is 15.9 Å². The van der Waals surface area contributed by atoms with E-state index in [1.165, 1.54) is 0 Å². The van der Waals surface area contributed by atoms with Crippen molar-refractivity contribution in [2.45, 2.75) is 32.4 Å². The van der Waals surface area contributed by atoms with Crippen molar-refractivity contribution < 1.29 is 4.79 Å². The summed E-state index contributed by atoms with van der Waals surface area (Å²) in [5.41, 5.74) is -0.657. The van der Waals surface area contributed by atoms with E-state index in [1.807, 2.05) is 24.9 Å². The van der Waals surface area contributed by atoms with E-state index in [0.717, 1.165) is 24.1 Å². The highest BCUT2D eigenvalue weighted by molar-refractivity contribution is 9.10. The highest BCUT2D eigenvalue weighted by atomic mass is 79.9. The normalized spacial score (nSPS) is 21.7. The summed E-state index contributed by atoms with van der Waals surface area (Å²) < 4.78 is 2.62. The molecule has 0 bridgehead atoms. The van der Waals surface area contributed by atoms with Crippen LogP contribution in [-0.2, 0) is 10.3 Å². The second-order valence-electron chi connectivity index (χ2n) is 5.77. The summed E-state index contributed by atoms with van der Waals surface area (Å²) in [6, 6.07) is 0.240. The first-order valence-electron chi connectivity index (χ1n) is 6.52. The summed E-state index contributed by atoms with van der Waals surface area (Å²) in [4.78, 5) is 17.0. The topological polar surface area (TPSA) is 41.4 Å². The van der Waals surface area contributed by atoms with Crippen molar-refractivity contribution >= 4 is 21.8 Å². The fourth-order valence-electron chi connectivity index (χ4n) is 2.50. The van der Waals surface area contributed by atoms with Crippen LogP contribution in [0.4, 0.5) is 0 Å². The van der Waals surface area contributed by atoms with E-state index >= 15 is 0 Å². The van der Waals surface area contributed by atoms with E-state index in [4.69, 9.17) is 0 Å². The van der Waals surface area contributed by atoms with Crippen molar-refractivity contribution in [2.24, 2.45) is 0 Å². The van der Waals surface area contributed by atoms with Crippen LogP contribution in [0.5, 0.6) is 0 Å². The van der Waals surface area contributed by atoms with Gasteiger partial charge < -0.3 is 9.80 Å². The highest BCUT2D eigenvalue weighted by Gasteiger charge is 2.38. The number of amides is 1. The van der Waals surface area contributed by atoms with Crippen molar-refractivity contribution in [1.82, 2.24) is 19.6 Å². The van der Waals surface area contributed by atoms with Gasteiger partial charge in [0.2, 0.25) is 5.91 Å². The SMILES string of the molecule is CC1CN(C)CCN1C(=O)C(C)(C)n1cc(Br)cn1. The Balaban J connectivity index is 2.18. The number of rotatable bonds is 2. The molecule has 0 aromatic carbocycles. The maximum atomic E-state index is 12.8. The molecular weight excluding hydrogens is 308 g/mol. The summed E-state index contributed by atoms with van der Waals surface area (Å²) >= 11 is 3.37. The maximum absolute atomic E-state index is 12.8. The van der Waals surface area contributed by atoms with Crippen LogP contribution < -0.4 is 0 Å². The largest absolute Gasteiger partial charge is 0.335 e. The minimum absolute atomic E-state index is 0.128. The third kappa shape index (κ3) is 2.84. The van der Waals surface area contributed by atoms with Crippen LogP contribution in [0.15, 0.2) is 16.9 Å². The predicted octanol–water partition coefficient (Wildman–Crippen LogP) is 1.54. The molecule has 1 aromatic heterocycles. The molecule has 6 heteroatoms. The third-order valence-electron chi connectivity index (χ3n) is 3.74. The van der Waals surface area contributed by atoms with E-state index in [1.54, 1.807) is 10.9 Å². The summed E-state index contributed by atoms with van der Waals surface area (Å²) in [6.07, 6.45) is 3.56. The van der Waals surface area contributed by atoms with E-state index in [2.05, 4.69) is 39.9 Å². The molecule has 106 valence electrons. The van der Waals surface area contributed by atoms with Gasteiger partial charge in [0.05, 0.1) is 10.7 Å². The Morgan fingerprint density at radius 3 is 2.68 bits per heavy atom. The first kappa shape index (κ1) is 14.5. The molecule has 1 fully saturated rings. The number of hydrogen-bond acceptors (Lipinski definition) is 3. The van der Waals surface area contributed by atoms with Gasteiger partial charge in [-0.1, -0.05) is 0 Å². The molecule has 0 N–H and O–H groups in total. The van der Waals surface area contributed by atoms with Gasteiger partial charge in [0.15, 0.2) is 0 Å². The number of carbonyl (C=O) groups is 1. The van der Waals surface area contributed by atoms with Gasteiger partial charge in [-0.05, 0) is 43.7 Å². The van der Waals surface area contributed by atoms with Gasteiger partial charge in [-0.2, -0.15) is 5.10 Å². The van der Waals surface area contributed by atoms with Gasteiger partial charge in [0, 0.05) is 31.9 Å². The number of likely N-dealkylation sites (N-methyl/N-ethyl adjacent to an activating group) is 1. The highest BCUT2D eigenvalue weighted by Crippen LogP contribution is 2.22. The van der Waals surface area contributed by atoms with Crippen LogP contribution in [-0.4, -0.2) is 58.2 Å². The lowest BCUT2D eigenvalue weighted by Gasteiger charge is -2.41. The first-order chi connectivity index (χ1) is 8.82. The van der Waals surface area contributed by atoms with E-state index in [9.17, 15) is 4.79 Å². The van der Waals surface area contributed by atoms with Crippen molar-refractivity contribution in [3.8, 4) is 0 Å². The zero-order valence-corrected chi connectivity index (χ0v) is 13.5. The molecule has 1 atom stereocenters. The molecule has 1 aliphatic rings. The molecule has 2 heterocycles. The molecule has 2 rings (SSSR count). The summed E-state index contributed by atoms with van der Waals surface area (Å²) in [7, 11) is 2.09. The Kier molecular flexibility index (Phi) is 4.01. The fraction of sp³-hybridized carbons (Fsp3) is 0.692. The lowest BCUT2D eigenvalue weighted by molar-refractivity contribution is -0.144. The fourth-order valence-corrected chi connectivity index (χ4v) is 2.78. The monoisotopic (exact) mass is 328 g/mol. The van der Waals surface area contributed by atoms with Crippen molar-refractivity contribution in [3.05, 3.63) is 16.9 Å². The Labute approximate surface area is 122 Å². The van der Waals surface area contributed by atoms with Crippen LogP contribution in [0.2, 0.25) is 0 Å². The van der Waals surface area contributed by atoms with E-state index < -0.39 is 5.54 Å². The minimum Gasteiger partial charge on any atom is -0.335 e. The van der Waals surface area contributed by atoms with Gasteiger partial charge >= 0.3 is 0 Å². The third-order valence-corrected chi connectivity index (χ3v) is 4.15.